The molecule has 0 saturated carbocycles. The highest BCUT2D eigenvalue weighted by atomic mass is 16.7. The van der Waals surface area contributed by atoms with E-state index in [1.54, 1.807) is 7.05 Å². The van der Waals surface area contributed by atoms with Crippen molar-refractivity contribution in [2.45, 2.75) is 26.3 Å². The Hall–Kier alpha value is -0.610. The number of rotatable bonds is 5. The minimum Gasteiger partial charge on any atom is -0.316 e. The molecule has 1 amide bonds. The summed E-state index contributed by atoms with van der Waals surface area (Å²) in [5.41, 5.74) is 0. The molecule has 0 radical (unpaired) electrons. The topological polar surface area (TPSA) is 41.6 Å². The highest BCUT2D eigenvalue weighted by Gasteiger charge is 2.17. The Morgan fingerprint density at radius 1 is 1.54 bits per heavy atom. The second kappa shape index (κ2) is 5.94. The van der Waals surface area contributed by atoms with E-state index < -0.39 is 0 Å². The highest BCUT2D eigenvalue weighted by molar-refractivity contribution is 5.75. The molecule has 78 valence electrons. The van der Waals surface area contributed by atoms with Crippen LogP contribution in [0.2, 0.25) is 0 Å². The fourth-order valence-corrected chi connectivity index (χ4v) is 1.09. The molecule has 0 rings (SSSR count). The second-order valence-electron chi connectivity index (χ2n) is 3.42. The van der Waals surface area contributed by atoms with Crippen LogP contribution in [0.5, 0.6) is 0 Å². The van der Waals surface area contributed by atoms with Gasteiger partial charge in [0.25, 0.3) is 0 Å². The van der Waals surface area contributed by atoms with Crippen molar-refractivity contribution < 1.29 is 9.63 Å². The molecule has 1 atom stereocenters. The maximum absolute atomic E-state index is 11.4. The van der Waals surface area contributed by atoms with Crippen LogP contribution >= 0.6 is 0 Å². The molecule has 0 heterocycles. The van der Waals surface area contributed by atoms with Gasteiger partial charge < -0.3 is 5.32 Å². The summed E-state index contributed by atoms with van der Waals surface area (Å²) in [5, 5.41) is 4.36. The van der Waals surface area contributed by atoms with E-state index in [4.69, 9.17) is 4.84 Å². The fraction of sp³-hybridized carbons (Fsp3) is 0.889. The van der Waals surface area contributed by atoms with Crippen molar-refractivity contribution in [1.29, 1.82) is 0 Å². The van der Waals surface area contributed by atoms with Crippen molar-refractivity contribution in [3.05, 3.63) is 0 Å². The summed E-state index contributed by atoms with van der Waals surface area (Å²) in [4.78, 5) is 16.2. The van der Waals surface area contributed by atoms with E-state index in [9.17, 15) is 4.79 Å². The van der Waals surface area contributed by atoms with Gasteiger partial charge in [-0.3, -0.25) is 9.63 Å². The van der Waals surface area contributed by atoms with Gasteiger partial charge in [-0.25, -0.2) is 5.06 Å². The highest BCUT2D eigenvalue weighted by Crippen LogP contribution is 2.06. The van der Waals surface area contributed by atoms with Crippen molar-refractivity contribution in [2.75, 3.05) is 21.2 Å². The van der Waals surface area contributed by atoms with Crippen molar-refractivity contribution in [2.24, 2.45) is 5.92 Å². The summed E-state index contributed by atoms with van der Waals surface area (Å²) in [5.74, 6) is 0.440. The predicted octanol–water partition coefficient (Wildman–Crippen LogP) is 0.640. The first-order valence-electron chi connectivity index (χ1n) is 4.50. The second-order valence-corrected chi connectivity index (χ2v) is 3.42. The number of hydrogen-bond donors (Lipinski definition) is 1. The maximum Gasteiger partial charge on any atom is 0.247 e. The molecule has 0 spiro atoms. The van der Waals surface area contributed by atoms with Crippen molar-refractivity contribution in [3.8, 4) is 0 Å². The molecule has 13 heavy (non-hydrogen) atoms. The smallest absolute Gasteiger partial charge is 0.247 e. The number of hydroxylamine groups is 2. The molecule has 1 unspecified atom stereocenters. The van der Waals surface area contributed by atoms with Crippen LogP contribution in [0.25, 0.3) is 0 Å². The summed E-state index contributed by atoms with van der Waals surface area (Å²) < 4.78 is 0. The lowest BCUT2D eigenvalue weighted by Crippen LogP contribution is -2.37. The molecular formula is C9H20N2O2. The van der Waals surface area contributed by atoms with Crippen LogP contribution in [-0.2, 0) is 9.63 Å². The number of amides is 1. The Morgan fingerprint density at radius 2 is 2.08 bits per heavy atom. The summed E-state index contributed by atoms with van der Waals surface area (Å²) in [7, 11) is 4.97. The van der Waals surface area contributed by atoms with Gasteiger partial charge >= 0.3 is 0 Å². The van der Waals surface area contributed by atoms with E-state index in [1.165, 1.54) is 12.2 Å². The van der Waals surface area contributed by atoms with E-state index >= 15 is 0 Å². The number of hydrogen-bond acceptors (Lipinski definition) is 3. The van der Waals surface area contributed by atoms with E-state index in [0.717, 1.165) is 0 Å². The lowest BCUT2D eigenvalue weighted by Gasteiger charge is -2.22. The van der Waals surface area contributed by atoms with Crippen LogP contribution in [0.1, 0.15) is 20.3 Å². The molecule has 0 saturated heterocycles. The van der Waals surface area contributed by atoms with Gasteiger partial charge in [0.05, 0.1) is 7.11 Å². The quantitative estimate of drug-likeness (QED) is 0.644. The third-order valence-electron chi connectivity index (χ3n) is 2.20. The lowest BCUT2D eigenvalue weighted by atomic mass is 10.0. The first-order valence-corrected chi connectivity index (χ1v) is 4.50. The molecule has 0 aromatic heterocycles. The van der Waals surface area contributed by atoms with Gasteiger partial charge in [0.1, 0.15) is 0 Å². The molecule has 0 aliphatic heterocycles. The maximum atomic E-state index is 11.4. The Labute approximate surface area is 80.2 Å². The molecular weight excluding hydrogens is 168 g/mol. The monoisotopic (exact) mass is 188 g/mol. The van der Waals surface area contributed by atoms with Crippen LogP contribution < -0.4 is 5.32 Å². The molecule has 0 aliphatic carbocycles. The fourth-order valence-electron chi connectivity index (χ4n) is 1.09. The van der Waals surface area contributed by atoms with Crippen LogP contribution in [0.15, 0.2) is 0 Å². The van der Waals surface area contributed by atoms with Gasteiger partial charge in [-0.2, -0.15) is 0 Å². The summed E-state index contributed by atoms with van der Waals surface area (Å²) in [6, 6.07) is 0.213. The zero-order chi connectivity index (χ0) is 10.4. The zero-order valence-corrected chi connectivity index (χ0v) is 9.13. The van der Waals surface area contributed by atoms with Crippen molar-refractivity contribution in [1.82, 2.24) is 10.4 Å². The Balaban J connectivity index is 4.01. The zero-order valence-electron chi connectivity index (χ0n) is 9.13. The van der Waals surface area contributed by atoms with Crippen LogP contribution in [0.4, 0.5) is 0 Å². The molecule has 0 bridgehead atoms. The molecule has 4 heteroatoms. The number of carbonyl (C=O) groups excluding carboxylic acids is 1. The Kier molecular flexibility index (Phi) is 5.66. The molecule has 0 fully saturated rings. The summed E-state index contributed by atoms with van der Waals surface area (Å²) in [6.07, 6.45) is 0.471. The summed E-state index contributed by atoms with van der Waals surface area (Å²) in [6.45, 7) is 4.17. The average Bonchev–Trinajstić information content (AvgIpc) is 2.11. The molecule has 0 aliphatic rings. The van der Waals surface area contributed by atoms with Crippen molar-refractivity contribution >= 4 is 5.91 Å². The minimum absolute atomic E-state index is 0.00412. The Bertz CT molecular complexity index is 160. The van der Waals surface area contributed by atoms with Gasteiger partial charge in [-0.05, 0) is 13.0 Å². The van der Waals surface area contributed by atoms with Gasteiger partial charge in [-0.1, -0.05) is 13.8 Å². The van der Waals surface area contributed by atoms with Crippen LogP contribution in [0, 0.1) is 5.92 Å². The minimum atomic E-state index is -0.00412. The van der Waals surface area contributed by atoms with Crippen molar-refractivity contribution in [3.63, 3.8) is 0 Å². The molecule has 4 nitrogen and oxygen atoms in total. The first kappa shape index (κ1) is 12.4. The van der Waals surface area contributed by atoms with E-state index in [0.29, 0.717) is 12.3 Å². The largest absolute Gasteiger partial charge is 0.316 e. The summed E-state index contributed by atoms with van der Waals surface area (Å²) >= 11 is 0. The first-order chi connectivity index (χ1) is 6.02. The SMILES string of the molecule is CNC(CC(=O)N(C)OC)C(C)C. The van der Waals surface area contributed by atoms with E-state index in [1.807, 2.05) is 7.05 Å². The third-order valence-corrected chi connectivity index (χ3v) is 2.20. The van der Waals surface area contributed by atoms with Crippen LogP contribution in [-0.4, -0.2) is 38.2 Å². The van der Waals surface area contributed by atoms with Gasteiger partial charge in [-0.15, -0.1) is 0 Å². The number of carbonyl (C=O) groups is 1. The standard InChI is InChI=1S/C9H20N2O2/c1-7(2)8(10-3)6-9(12)11(4)13-5/h7-8,10H,6H2,1-5H3. The van der Waals surface area contributed by atoms with E-state index in [2.05, 4.69) is 19.2 Å². The number of nitrogens with zero attached hydrogens (tertiary/aromatic N) is 1. The average molecular weight is 188 g/mol. The normalized spacial score (nSPS) is 13.1. The Morgan fingerprint density at radius 3 is 2.38 bits per heavy atom. The molecule has 1 N–H and O–H groups in total. The molecule has 0 aromatic carbocycles. The number of nitrogens with one attached hydrogen (secondary N) is 1. The lowest BCUT2D eigenvalue weighted by molar-refractivity contribution is -0.169. The predicted molar refractivity (Wildman–Crippen MR) is 52.1 cm³/mol. The van der Waals surface area contributed by atoms with E-state index in [-0.39, 0.29) is 11.9 Å². The third kappa shape index (κ3) is 4.24. The van der Waals surface area contributed by atoms with Gasteiger partial charge in [0.15, 0.2) is 0 Å². The van der Waals surface area contributed by atoms with Gasteiger partial charge in [0.2, 0.25) is 5.91 Å². The molecule has 0 aromatic rings. The van der Waals surface area contributed by atoms with Gasteiger partial charge in [0, 0.05) is 19.5 Å². The van der Waals surface area contributed by atoms with Crippen LogP contribution in [0.3, 0.4) is 0 Å².